The van der Waals surface area contributed by atoms with Crippen LogP contribution in [-0.4, -0.2) is 56.0 Å². The summed E-state index contributed by atoms with van der Waals surface area (Å²) in [6, 6.07) is 1.85. The zero-order valence-electron chi connectivity index (χ0n) is 20.0. The largest absolute Gasteiger partial charge is 0.472 e. The van der Waals surface area contributed by atoms with E-state index in [-0.39, 0.29) is 24.4 Å². The van der Waals surface area contributed by atoms with E-state index in [1.54, 1.807) is 19.6 Å². The van der Waals surface area contributed by atoms with Gasteiger partial charge in [0.1, 0.15) is 12.2 Å². The Bertz CT molecular complexity index is 967. The Morgan fingerprint density at radius 3 is 2.59 bits per heavy atom. The van der Waals surface area contributed by atoms with Crippen LogP contribution in [0.5, 0.6) is 0 Å². The van der Waals surface area contributed by atoms with Gasteiger partial charge < -0.3 is 28.1 Å². The molecule has 0 N–H and O–H groups in total. The summed E-state index contributed by atoms with van der Waals surface area (Å²) in [5.74, 6) is -1.96. The summed E-state index contributed by atoms with van der Waals surface area (Å²) in [4.78, 5) is 38.3. The first kappa shape index (κ1) is 23.5. The maximum absolute atomic E-state index is 14.1. The van der Waals surface area contributed by atoms with Gasteiger partial charge in [0.05, 0.1) is 30.7 Å². The summed E-state index contributed by atoms with van der Waals surface area (Å²) in [6.45, 7) is 4.86. The number of furan rings is 1. The molecule has 0 bridgehead atoms. The van der Waals surface area contributed by atoms with Gasteiger partial charge in [-0.3, -0.25) is 14.4 Å². The molecular formula is C25H32O9. The first-order valence-electron chi connectivity index (χ1n) is 11.9. The Morgan fingerprint density at radius 1 is 1.24 bits per heavy atom. The number of fused-ring (bicyclic) bond motifs is 3. The van der Waals surface area contributed by atoms with Crippen LogP contribution < -0.4 is 0 Å². The molecular weight excluding hydrogens is 444 g/mol. The number of carbonyl (C=O) groups is 3. The standard InChI is InChI=1S/C25H32O9/c1-14-20(28)21(33-16(3)27)25(13-31-15(2)26)19(6-5-8-23(25)12-32-23)24(14)10-18(34-22(24)29-4)17-7-9-30-11-17/h7,9,11,14,18-19,21-22H,5-6,8,10,12-13H2,1-4H3/t14-,18+,19-,21+,22-,23+,24-,25+/m1/s1. The minimum Gasteiger partial charge on any atom is -0.472 e. The molecule has 4 fully saturated rings. The molecule has 8 atom stereocenters. The number of ether oxygens (including phenoxy) is 5. The number of epoxide rings is 1. The lowest BCUT2D eigenvalue weighted by Gasteiger charge is -2.62. The number of esters is 2. The Labute approximate surface area is 198 Å². The molecule has 1 aromatic rings. The van der Waals surface area contributed by atoms with Crippen LogP contribution in [0, 0.1) is 22.7 Å². The number of hydrogen-bond donors (Lipinski definition) is 0. The molecule has 9 nitrogen and oxygen atoms in total. The fraction of sp³-hybridized carbons (Fsp3) is 0.720. The van der Waals surface area contributed by atoms with Crippen LogP contribution in [0.25, 0.3) is 0 Å². The minimum absolute atomic E-state index is 0.0715. The van der Waals surface area contributed by atoms with E-state index < -0.39 is 46.7 Å². The molecule has 34 heavy (non-hydrogen) atoms. The molecule has 2 saturated heterocycles. The fourth-order valence-corrected chi connectivity index (χ4v) is 7.33. The summed E-state index contributed by atoms with van der Waals surface area (Å²) in [7, 11) is 1.58. The van der Waals surface area contributed by atoms with Gasteiger partial charge in [-0.15, -0.1) is 0 Å². The smallest absolute Gasteiger partial charge is 0.303 e. The molecule has 0 aromatic carbocycles. The van der Waals surface area contributed by atoms with Gasteiger partial charge in [0.25, 0.3) is 0 Å². The van der Waals surface area contributed by atoms with Crippen molar-refractivity contribution < 1.29 is 42.5 Å². The second-order valence-corrected chi connectivity index (χ2v) is 10.2. The van der Waals surface area contributed by atoms with Gasteiger partial charge in [-0.25, -0.2) is 0 Å². The van der Waals surface area contributed by atoms with Gasteiger partial charge >= 0.3 is 11.9 Å². The van der Waals surface area contributed by atoms with Gasteiger partial charge in [0, 0.05) is 37.9 Å². The third-order valence-corrected chi connectivity index (χ3v) is 8.84. The van der Waals surface area contributed by atoms with Crippen LogP contribution in [0.4, 0.5) is 0 Å². The summed E-state index contributed by atoms with van der Waals surface area (Å²) in [6.07, 6.45) is 3.98. The average molecular weight is 477 g/mol. The van der Waals surface area contributed by atoms with Crippen molar-refractivity contribution in [2.75, 3.05) is 20.3 Å². The molecule has 2 spiro atoms. The zero-order valence-corrected chi connectivity index (χ0v) is 20.0. The van der Waals surface area contributed by atoms with Crippen molar-refractivity contribution in [2.45, 2.75) is 70.6 Å². The van der Waals surface area contributed by atoms with E-state index in [9.17, 15) is 14.4 Å². The highest BCUT2D eigenvalue weighted by Crippen LogP contribution is 2.71. The Kier molecular flexibility index (Phi) is 5.65. The maximum atomic E-state index is 14.1. The maximum Gasteiger partial charge on any atom is 0.303 e. The third-order valence-electron chi connectivity index (χ3n) is 8.84. The molecule has 3 heterocycles. The molecule has 4 aliphatic rings. The number of hydrogen-bond acceptors (Lipinski definition) is 9. The van der Waals surface area contributed by atoms with E-state index in [0.29, 0.717) is 19.4 Å². The van der Waals surface area contributed by atoms with E-state index in [4.69, 9.17) is 28.1 Å². The molecule has 0 radical (unpaired) electrons. The lowest BCUT2D eigenvalue weighted by molar-refractivity contribution is -0.258. The van der Waals surface area contributed by atoms with Crippen LogP contribution in [0.3, 0.4) is 0 Å². The van der Waals surface area contributed by atoms with E-state index in [1.807, 2.05) is 13.0 Å². The summed E-state index contributed by atoms with van der Waals surface area (Å²) < 4.78 is 35.1. The van der Waals surface area contributed by atoms with Crippen molar-refractivity contribution >= 4 is 17.7 Å². The van der Waals surface area contributed by atoms with Crippen molar-refractivity contribution in [2.24, 2.45) is 22.7 Å². The Balaban J connectivity index is 1.68. The highest BCUT2D eigenvalue weighted by atomic mass is 16.7. The molecule has 5 rings (SSSR count). The normalized spacial score (nSPS) is 43.1. The number of rotatable bonds is 5. The van der Waals surface area contributed by atoms with Crippen molar-refractivity contribution in [3.63, 3.8) is 0 Å². The molecule has 2 aliphatic carbocycles. The fourth-order valence-electron chi connectivity index (χ4n) is 7.33. The van der Waals surface area contributed by atoms with Crippen LogP contribution in [0.15, 0.2) is 23.0 Å². The van der Waals surface area contributed by atoms with Crippen molar-refractivity contribution in [1.29, 1.82) is 0 Å². The highest BCUT2D eigenvalue weighted by molar-refractivity contribution is 5.90. The van der Waals surface area contributed by atoms with Crippen LogP contribution in [-0.2, 0) is 38.1 Å². The van der Waals surface area contributed by atoms with Gasteiger partial charge in [-0.05, 0) is 31.2 Å². The number of carbonyl (C=O) groups excluding carboxylic acids is 3. The second-order valence-electron chi connectivity index (χ2n) is 10.2. The number of methoxy groups -OCH3 is 1. The van der Waals surface area contributed by atoms with Gasteiger partial charge in [0.15, 0.2) is 18.2 Å². The molecule has 2 aliphatic heterocycles. The summed E-state index contributed by atoms with van der Waals surface area (Å²) >= 11 is 0. The second kappa shape index (κ2) is 8.17. The van der Waals surface area contributed by atoms with E-state index >= 15 is 0 Å². The predicted octanol–water partition coefficient (Wildman–Crippen LogP) is 2.97. The van der Waals surface area contributed by atoms with Crippen molar-refractivity contribution in [1.82, 2.24) is 0 Å². The van der Waals surface area contributed by atoms with Gasteiger partial charge in [-0.1, -0.05) is 13.3 Å². The average Bonchev–Trinajstić information content (AvgIpc) is 3.23. The minimum atomic E-state index is -1.08. The first-order chi connectivity index (χ1) is 16.2. The summed E-state index contributed by atoms with van der Waals surface area (Å²) in [5, 5.41) is 0. The van der Waals surface area contributed by atoms with Crippen molar-refractivity contribution in [3.05, 3.63) is 24.2 Å². The zero-order chi connectivity index (χ0) is 24.3. The number of ketones is 1. The van der Waals surface area contributed by atoms with Crippen LogP contribution in [0.1, 0.15) is 58.1 Å². The summed E-state index contributed by atoms with van der Waals surface area (Å²) in [5.41, 5.74) is -1.60. The molecule has 0 unspecified atom stereocenters. The molecule has 0 amide bonds. The van der Waals surface area contributed by atoms with Gasteiger partial charge in [0.2, 0.25) is 0 Å². The highest BCUT2D eigenvalue weighted by Gasteiger charge is 2.80. The van der Waals surface area contributed by atoms with E-state index in [0.717, 1.165) is 18.4 Å². The van der Waals surface area contributed by atoms with Crippen molar-refractivity contribution in [3.8, 4) is 0 Å². The molecule has 186 valence electrons. The molecule has 2 saturated carbocycles. The number of Topliss-reactive ketones (excluding diaryl/α,β-unsaturated/α-hetero) is 1. The van der Waals surface area contributed by atoms with Gasteiger partial charge in [-0.2, -0.15) is 0 Å². The predicted molar refractivity (Wildman–Crippen MR) is 115 cm³/mol. The van der Waals surface area contributed by atoms with Crippen LogP contribution >= 0.6 is 0 Å². The molecule has 9 heteroatoms. The lowest BCUT2D eigenvalue weighted by Crippen LogP contribution is -2.72. The Hall–Kier alpha value is -2.23. The Morgan fingerprint density at radius 2 is 2.00 bits per heavy atom. The SMILES string of the molecule is CO[C@@H]1O[C@H](c2ccoc2)C[C@]12[C@H](C)C(=O)[C@H](OC(C)=O)[C@]1(COC(C)=O)[C@@H]2CCC[C@]12CO2. The lowest BCUT2D eigenvalue weighted by atomic mass is 9.42. The first-order valence-corrected chi connectivity index (χ1v) is 11.9. The third kappa shape index (κ3) is 3.13. The molecule has 1 aromatic heterocycles. The monoisotopic (exact) mass is 476 g/mol. The quantitative estimate of drug-likeness (QED) is 0.467. The topological polar surface area (TPSA) is 114 Å². The van der Waals surface area contributed by atoms with E-state index in [2.05, 4.69) is 0 Å². The van der Waals surface area contributed by atoms with Crippen LogP contribution in [0.2, 0.25) is 0 Å². The van der Waals surface area contributed by atoms with E-state index in [1.165, 1.54) is 13.8 Å².